The zero-order chi connectivity index (χ0) is 19.2. The fourth-order valence-electron chi connectivity index (χ4n) is 3.67. The molecule has 0 aliphatic heterocycles. The number of hydrogen-bond acceptors (Lipinski definition) is 2. The predicted molar refractivity (Wildman–Crippen MR) is 110 cm³/mol. The molecule has 0 bridgehead atoms. The van der Waals surface area contributed by atoms with Gasteiger partial charge in [0.25, 0.3) is 5.91 Å². The number of amides is 1. The zero-order valence-corrected chi connectivity index (χ0v) is 16.9. The van der Waals surface area contributed by atoms with Crippen molar-refractivity contribution in [3.8, 4) is 5.75 Å². The molecule has 0 saturated carbocycles. The molecular weight excluding hydrogens is 358 g/mol. The van der Waals surface area contributed by atoms with Gasteiger partial charge in [-0.1, -0.05) is 55.8 Å². The summed E-state index contributed by atoms with van der Waals surface area (Å²) >= 11 is 6.17. The lowest BCUT2D eigenvalue weighted by Gasteiger charge is -2.24. The first kappa shape index (κ1) is 19.8. The highest BCUT2D eigenvalue weighted by molar-refractivity contribution is 6.32. The fourth-order valence-corrected chi connectivity index (χ4v) is 3.85. The molecule has 3 nitrogen and oxygen atoms in total. The fraction of sp³-hybridized carbons (Fsp3) is 0.435. The summed E-state index contributed by atoms with van der Waals surface area (Å²) in [6, 6.07) is 13.9. The molecule has 1 aliphatic rings. The first-order valence-electron chi connectivity index (χ1n) is 9.95. The van der Waals surface area contributed by atoms with Crippen molar-refractivity contribution in [3.63, 3.8) is 0 Å². The molecule has 1 aliphatic carbocycles. The van der Waals surface area contributed by atoms with Crippen LogP contribution in [-0.2, 0) is 17.6 Å². The smallest absolute Gasteiger partial charge is 0.261 e. The largest absolute Gasteiger partial charge is 0.479 e. The van der Waals surface area contributed by atoms with E-state index in [2.05, 4.69) is 30.4 Å². The molecule has 4 heteroatoms. The Morgan fingerprint density at radius 2 is 1.81 bits per heavy atom. The maximum absolute atomic E-state index is 12.8. The lowest BCUT2D eigenvalue weighted by atomic mass is 9.88. The number of benzene rings is 2. The van der Waals surface area contributed by atoms with E-state index in [0.29, 0.717) is 17.2 Å². The van der Waals surface area contributed by atoms with E-state index in [4.69, 9.17) is 16.3 Å². The van der Waals surface area contributed by atoms with Crippen LogP contribution in [0.15, 0.2) is 42.5 Å². The molecule has 0 fully saturated rings. The monoisotopic (exact) mass is 385 g/mol. The molecule has 1 N–H and O–H groups in total. The van der Waals surface area contributed by atoms with E-state index < -0.39 is 6.10 Å². The third kappa shape index (κ3) is 4.84. The first-order chi connectivity index (χ1) is 13.1. The van der Waals surface area contributed by atoms with E-state index in [0.717, 1.165) is 12.8 Å². The molecule has 0 spiro atoms. The Bertz CT molecular complexity index is 790. The molecule has 27 heavy (non-hydrogen) atoms. The molecule has 2 atom stereocenters. The minimum atomic E-state index is -0.559. The number of rotatable bonds is 7. The molecule has 144 valence electrons. The highest BCUT2D eigenvalue weighted by atomic mass is 35.5. The van der Waals surface area contributed by atoms with Gasteiger partial charge in [0, 0.05) is 0 Å². The van der Waals surface area contributed by atoms with Crippen LogP contribution in [0, 0.1) is 0 Å². The summed E-state index contributed by atoms with van der Waals surface area (Å²) < 4.78 is 5.88. The highest BCUT2D eigenvalue weighted by Gasteiger charge is 2.23. The van der Waals surface area contributed by atoms with Crippen LogP contribution in [0.25, 0.3) is 0 Å². The summed E-state index contributed by atoms with van der Waals surface area (Å²) in [5.41, 5.74) is 4.07. The summed E-state index contributed by atoms with van der Waals surface area (Å²) in [7, 11) is 0. The number of carbonyl (C=O) groups is 1. The number of carbonyl (C=O) groups excluding carboxylic acids is 1. The molecule has 0 aromatic heterocycles. The molecule has 3 rings (SSSR count). The van der Waals surface area contributed by atoms with E-state index in [-0.39, 0.29) is 11.9 Å². The Kier molecular flexibility index (Phi) is 6.78. The van der Waals surface area contributed by atoms with Crippen molar-refractivity contribution >= 4 is 17.5 Å². The van der Waals surface area contributed by atoms with Crippen LogP contribution in [0.3, 0.4) is 0 Å². The molecule has 1 amide bonds. The summed E-state index contributed by atoms with van der Waals surface area (Å²) in [4.78, 5) is 12.8. The minimum absolute atomic E-state index is 0.00591. The normalized spacial score (nSPS) is 15.5. The van der Waals surface area contributed by atoms with Gasteiger partial charge in [0.05, 0.1) is 11.1 Å². The van der Waals surface area contributed by atoms with Crippen LogP contribution >= 0.6 is 11.6 Å². The van der Waals surface area contributed by atoms with E-state index in [1.807, 2.05) is 19.1 Å². The molecule has 0 saturated heterocycles. The van der Waals surface area contributed by atoms with Crippen LogP contribution in [0.1, 0.15) is 62.3 Å². The quantitative estimate of drug-likeness (QED) is 0.669. The van der Waals surface area contributed by atoms with Crippen LogP contribution < -0.4 is 10.1 Å². The Morgan fingerprint density at radius 3 is 2.52 bits per heavy atom. The van der Waals surface area contributed by atoms with Gasteiger partial charge >= 0.3 is 0 Å². The molecule has 0 unspecified atom stereocenters. The summed E-state index contributed by atoms with van der Waals surface area (Å²) in [6.45, 7) is 4.04. The lowest BCUT2D eigenvalue weighted by molar-refractivity contribution is -0.128. The Balaban J connectivity index is 1.71. The first-order valence-corrected chi connectivity index (χ1v) is 10.3. The van der Waals surface area contributed by atoms with E-state index in [9.17, 15) is 4.79 Å². The third-order valence-corrected chi connectivity index (χ3v) is 5.58. The number of halogens is 1. The molecule has 0 heterocycles. The molecule has 0 radical (unpaired) electrons. The van der Waals surface area contributed by atoms with E-state index in [1.165, 1.54) is 36.0 Å². The van der Waals surface area contributed by atoms with Crippen LogP contribution in [0.5, 0.6) is 5.75 Å². The number of para-hydroxylation sites is 1. The highest BCUT2D eigenvalue weighted by Crippen LogP contribution is 2.27. The predicted octanol–water partition coefficient (Wildman–Crippen LogP) is 5.64. The van der Waals surface area contributed by atoms with Gasteiger partial charge in [-0.2, -0.15) is 0 Å². The molecule has 2 aromatic rings. The van der Waals surface area contributed by atoms with Crippen LogP contribution in [0.2, 0.25) is 5.02 Å². The summed E-state index contributed by atoms with van der Waals surface area (Å²) in [5.74, 6) is 0.449. The van der Waals surface area contributed by atoms with Gasteiger partial charge in [0.2, 0.25) is 0 Å². The maximum Gasteiger partial charge on any atom is 0.261 e. The van der Waals surface area contributed by atoms with Crippen molar-refractivity contribution in [2.24, 2.45) is 0 Å². The molecule has 2 aromatic carbocycles. The number of hydrogen-bond donors (Lipinski definition) is 1. The maximum atomic E-state index is 12.8. The van der Waals surface area contributed by atoms with Crippen molar-refractivity contribution in [1.29, 1.82) is 0 Å². The van der Waals surface area contributed by atoms with E-state index >= 15 is 0 Å². The summed E-state index contributed by atoms with van der Waals surface area (Å²) in [5, 5.41) is 3.69. The Hall–Kier alpha value is -2.00. The minimum Gasteiger partial charge on any atom is -0.479 e. The Labute approximate surface area is 167 Å². The SMILES string of the molecule is CC[C@H](NC(=O)[C@@H](CC)Oc1ccccc1Cl)c1ccc2c(c1)CCCC2. The van der Waals surface area contributed by atoms with Crippen molar-refractivity contribution < 1.29 is 9.53 Å². The average molecular weight is 386 g/mol. The molecular formula is C23H28ClNO2. The zero-order valence-electron chi connectivity index (χ0n) is 16.1. The topological polar surface area (TPSA) is 38.3 Å². The summed E-state index contributed by atoms with van der Waals surface area (Å²) in [6.07, 6.45) is 5.70. The van der Waals surface area contributed by atoms with Crippen LogP contribution in [-0.4, -0.2) is 12.0 Å². The second kappa shape index (κ2) is 9.27. The van der Waals surface area contributed by atoms with Crippen LogP contribution in [0.4, 0.5) is 0 Å². The van der Waals surface area contributed by atoms with Crippen molar-refractivity contribution in [2.75, 3.05) is 0 Å². The van der Waals surface area contributed by atoms with Crippen molar-refractivity contribution in [1.82, 2.24) is 5.32 Å². The van der Waals surface area contributed by atoms with Gasteiger partial charge in [-0.25, -0.2) is 0 Å². The average Bonchev–Trinajstić information content (AvgIpc) is 2.70. The van der Waals surface area contributed by atoms with E-state index in [1.54, 1.807) is 12.1 Å². The standard InChI is InChI=1S/C23H28ClNO2/c1-3-20(18-14-13-16-9-5-6-10-17(16)15-18)25-23(26)21(4-2)27-22-12-8-7-11-19(22)24/h7-8,11-15,20-21H,3-6,9-10H2,1-2H3,(H,25,26)/t20-,21+/m0/s1. The van der Waals surface area contributed by atoms with Gasteiger partial charge in [0.15, 0.2) is 6.10 Å². The van der Waals surface area contributed by atoms with Gasteiger partial charge in [0.1, 0.15) is 5.75 Å². The number of aryl methyl sites for hydroxylation is 2. The van der Waals surface area contributed by atoms with Gasteiger partial charge in [-0.05, 0) is 67.3 Å². The number of nitrogens with one attached hydrogen (secondary N) is 1. The van der Waals surface area contributed by atoms with Gasteiger partial charge in [-0.3, -0.25) is 4.79 Å². The Morgan fingerprint density at radius 1 is 1.07 bits per heavy atom. The second-order valence-electron chi connectivity index (χ2n) is 7.15. The lowest BCUT2D eigenvalue weighted by Crippen LogP contribution is -2.40. The number of fused-ring (bicyclic) bond motifs is 1. The van der Waals surface area contributed by atoms with Gasteiger partial charge in [-0.15, -0.1) is 0 Å². The third-order valence-electron chi connectivity index (χ3n) is 5.27. The van der Waals surface area contributed by atoms with Gasteiger partial charge < -0.3 is 10.1 Å². The van der Waals surface area contributed by atoms with Crippen molar-refractivity contribution in [3.05, 3.63) is 64.2 Å². The second-order valence-corrected chi connectivity index (χ2v) is 7.56. The number of ether oxygens (including phenoxy) is 1. The van der Waals surface area contributed by atoms with Crippen molar-refractivity contribution in [2.45, 2.75) is 64.5 Å².